The molecule has 0 aliphatic rings. The Morgan fingerprint density at radius 3 is 2.32 bits per heavy atom. The third-order valence-electron chi connectivity index (χ3n) is 2.88. The highest BCUT2D eigenvalue weighted by Gasteiger charge is 2.09. The van der Waals surface area contributed by atoms with Gasteiger partial charge in [-0.15, -0.1) is 0 Å². The van der Waals surface area contributed by atoms with Crippen molar-refractivity contribution in [2.45, 2.75) is 26.7 Å². The van der Waals surface area contributed by atoms with Crippen molar-refractivity contribution in [3.8, 4) is 0 Å². The lowest BCUT2D eigenvalue weighted by atomic mass is 10.1. The summed E-state index contributed by atoms with van der Waals surface area (Å²) in [7, 11) is 1.30. The predicted molar refractivity (Wildman–Crippen MR) is 81.4 cm³/mol. The number of nitrogens with one attached hydrogen (secondary N) is 1. The third kappa shape index (κ3) is 6.39. The zero-order valence-electron chi connectivity index (χ0n) is 13.0. The number of hydrogen-bond acceptors (Lipinski definition) is 5. The van der Waals surface area contributed by atoms with Crippen LogP contribution in [0.4, 0.5) is 5.69 Å². The largest absolute Gasteiger partial charge is 0.465 e. The Morgan fingerprint density at radius 2 is 1.77 bits per heavy atom. The van der Waals surface area contributed by atoms with E-state index in [4.69, 9.17) is 4.74 Å². The molecule has 0 aliphatic heterocycles. The molecule has 0 radical (unpaired) electrons. The molecule has 0 aromatic heterocycles. The van der Waals surface area contributed by atoms with Gasteiger partial charge in [-0.1, -0.05) is 13.8 Å². The van der Waals surface area contributed by atoms with Gasteiger partial charge in [0.1, 0.15) is 0 Å². The summed E-state index contributed by atoms with van der Waals surface area (Å²) in [4.78, 5) is 34.3. The molecule has 0 bridgehead atoms. The van der Waals surface area contributed by atoms with Crippen molar-refractivity contribution in [1.82, 2.24) is 0 Å². The van der Waals surface area contributed by atoms with E-state index in [-0.39, 0.29) is 12.6 Å². The van der Waals surface area contributed by atoms with Gasteiger partial charge in [0.25, 0.3) is 5.91 Å². The van der Waals surface area contributed by atoms with Crippen LogP contribution in [0.25, 0.3) is 0 Å². The highest BCUT2D eigenvalue weighted by molar-refractivity contribution is 5.94. The minimum Gasteiger partial charge on any atom is -0.465 e. The first-order chi connectivity index (χ1) is 10.4. The minimum absolute atomic E-state index is 0.304. The summed E-state index contributed by atoms with van der Waals surface area (Å²) < 4.78 is 9.46. The van der Waals surface area contributed by atoms with Crippen molar-refractivity contribution in [2.24, 2.45) is 5.92 Å². The van der Waals surface area contributed by atoms with Crippen molar-refractivity contribution >= 4 is 23.5 Å². The van der Waals surface area contributed by atoms with Crippen molar-refractivity contribution < 1.29 is 23.9 Å². The number of rotatable bonds is 7. The average Bonchev–Trinajstić information content (AvgIpc) is 2.50. The predicted octanol–water partition coefficient (Wildman–Crippen LogP) is 2.39. The molecule has 6 heteroatoms. The molecule has 0 fully saturated rings. The van der Waals surface area contributed by atoms with Crippen molar-refractivity contribution in [3.63, 3.8) is 0 Å². The Hall–Kier alpha value is -2.37. The minimum atomic E-state index is -0.447. The summed E-state index contributed by atoms with van der Waals surface area (Å²) >= 11 is 0. The van der Waals surface area contributed by atoms with E-state index in [1.54, 1.807) is 12.1 Å². The molecule has 1 N–H and O–H groups in total. The van der Waals surface area contributed by atoms with E-state index in [0.29, 0.717) is 23.6 Å². The summed E-state index contributed by atoms with van der Waals surface area (Å²) in [6, 6.07) is 6.22. The van der Waals surface area contributed by atoms with Crippen LogP contribution in [0.3, 0.4) is 0 Å². The molecule has 1 aromatic carbocycles. The Morgan fingerprint density at radius 1 is 1.14 bits per heavy atom. The number of amides is 1. The topological polar surface area (TPSA) is 81.7 Å². The lowest BCUT2D eigenvalue weighted by Crippen LogP contribution is -2.21. The van der Waals surface area contributed by atoms with Crippen LogP contribution < -0.4 is 5.32 Å². The second-order valence-electron chi connectivity index (χ2n) is 5.21. The molecule has 0 aliphatic carbocycles. The van der Waals surface area contributed by atoms with Crippen LogP contribution in [-0.4, -0.2) is 31.6 Å². The number of hydrogen-bond donors (Lipinski definition) is 1. The second-order valence-corrected chi connectivity index (χ2v) is 5.21. The first-order valence-electron chi connectivity index (χ1n) is 7.06. The number of methoxy groups -OCH3 is 1. The quantitative estimate of drug-likeness (QED) is 0.782. The molecule has 0 saturated heterocycles. The van der Waals surface area contributed by atoms with E-state index in [1.165, 1.54) is 19.2 Å². The van der Waals surface area contributed by atoms with Gasteiger partial charge >= 0.3 is 11.9 Å². The number of esters is 2. The molecule has 6 nitrogen and oxygen atoms in total. The van der Waals surface area contributed by atoms with E-state index in [2.05, 4.69) is 10.1 Å². The van der Waals surface area contributed by atoms with E-state index >= 15 is 0 Å². The molecular formula is C16H21NO5. The molecule has 1 amide bonds. The molecule has 0 heterocycles. The van der Waals surface area contributed by atoms with Crippen molar-refractivity contribution in [2.75, 3.05) is 19.0 Å². The Bertz CT molecular complexity index is 522. The highest BCUT2D eigenvalue weighted by atomic mass is 16.5. The van der Waals surface area contributed by atoms with Crippen LogP contribution in [0.5, 0.6) is 0 Å². The van der Waals surface area contributed by atoms with Crippen LogP contribution in [0.15, 0.2) is 24.3 Å². The van der Waals surface area contributed by atoms with Gasteiger partial charge < -0.3 is 14.8 Å². The first kappa shape index (κ1) is 17.7. The summed E-state index contributed by atoms with van der Waals surface area (Å²) in [6.07, 6.45) is 1.04. The van der Waals surface area contributed by atoms with Crippen LogP contribution in [0, 0.1) is 5.92 Å². The average molecular weight is 307 g/mol. The molecule has 120 valence electrons. The van der Waals surface area contributed by atoms with Gasteiger partial charge in [0.15, 0.2) is 6.61 Å². The van der Waals surface area contributed by atoms with E-state index in [0.717, 1.165) is 6.42 Å². The maximum Gasteiger partial charge on any atom is 0.337 e. The highest BCUT2D eigenvalue weighted by Crippen LogP contribution is 2.10. The fraction of sp³-hybridized carbons (Fsp3) is 0.438. The van der Waals surface area contributed by atoms with Gasteiger partial charge in [0.05, 0.1) is 12.7 Å². The normalized spacial score (nSPS) is 10.2. The number of carbonyl (C=O) groups is 3. The van der Waals surface area contributed by atoms with Crippen LogP contribution in [0.1, 0.15) is 37.0 Å². The Kier molecular flexibility index (Phi) is 7.08. The van der Waals surface area contributed by atoms with E-state index < -0.39 is 11.9 Å². The van der Waals surface area contributed by atoms with Crippen molar-refractivity contribution in [3.05, 3.63) is 29.8 Å². The van der Waals surface area contributed by atoms with Crippen LogP contribution in [-0.2, 0) is 19.1 Å². The SMILES string of the molecule is COC(=O)c1ccc(NC(=O)COC(=O)CCC(C)C)cc1. The zero-order valence-corrected chi connectivity index (χ0v) is 13.0. The first-order valence-corrected chi connectivity index (χ1v) is 7.06. The summed E-state index contributed by atoms with van der Waals surface area (Å²) in [5, 5.41) is 2.58. The van der Waals surface area contributed by atoms with Crippen LogP contribution in [0.2, 0.25) is 0 Å². The Labute approximate surface area is 129 Å². The summed E-state index contributed by atoms with van der Waals surface area (Å²) in [6.45, 7) is 3.70. The van der Waals surface area contributed by atoms with E-state index in [9.17, 15) is 14.4 Å². The zero-order chi connectivity index (χ0) is 16.5. The van der Waals surface area contributed by atoms with Gasteiger partial charge in [-0.25, -0.2) is 4.79 Å². The molecule has 1 aromatic rings. The van der Waals surface area contributed by atoms with Gasteiger partial charge in [0, 0.05) is 12.1 Å². The molecular weight excluding hydrogens is 286 g/mol. The molecule has 0 saturated carbocycles. The van der Waals surface area contributed by atoms with Gasteiger partial charge in [0.2, 0.25) is 0 Å². The second kappa shape index (κ2) is 8.81. The molecule has 0 spiro atoms. The summed E-state index contributed by atoms with van der Waals surface area (Å²) in [5.74, 6) is -0.847. The van der Waals surface area contributed by atoms with E-state index in [1.807, 2.05) is 13.8 Å². The van der Waals surface area contributed by atoms with Gasteiger partial charge in [-0.05, 0) is 36.6 Å². The molecule has 1 rings (SSSR count). The maximum atomic E-state index is 11.7. The maximum absolute atomic E-state index is 11.7. The monoisotopic (exact) mass is 307 g/mol. The number of carbonyl (C=O) groups excluding carboxylic acids is 3. The van der Waals surface area contributed by atoms with Crippen molar-refractivity contribution in [1.29, 1.82) is 0 Å². The molecule has 0 atom stereocenters. The molecule has 0 unspecified atom stereocenters. The third-order valence-corrected chi connectivity index (χ3v) is 2.88. The number of ether oxygens (including phenoxy) is 2. The lowest BCUT2D eigenvalue weighted by Gasteiger charge is -2.08. The summed E-state index contributed by atoms with van der Waals surface area (Å²) in [5.41, 5.74) is 0.900. The number of anilines is 1. The Balaban J connectivity index is 2.39. The van der Waals surface area contributed by atoms with Gasteiger partial charge in [-0.3, -0.25) is 9.59 Å². The fourth-order valence-electron chi connectivity index (χ4n) is 1.63. The fourth-order valence-corrected chi connectivity index (χ4v) is 1.63. The van der Waals surface area contributed by atoms with Crippen LogP contribution >= 0.6 is 0 Å². The standard InChI is InChI=1S/C16H21NO5/c1-11(2)4-9-15(19)22-10-14(18)17-13-7-5-12(6-8-13)16(20)21-3/h5-8,11H,4,9-10H2,1-3H3,(H,17,18). The number of benzene rings is 1. The molecule has 22 heavy (non-hydrogen) atoms. The van der Waals surface area contributed by atoms with Gasteiger partial charge in [-0.2, -0.15) is 0 Å². The smallest absolute Gasteiger partial charge is 0.337 e. The lowest BCUT2D eigenvalue weighted by molar-refractivity contribution is -0.147.